The molecule has 12 heteroatoms. The number of aromatic nitrogens is 2. The molecule has 0 radical (unpaired) electrons. The van der Waals surface area contributed by atoms with E-state index in [1.165, 1.54) is 6.08 Å². The van der Waals surface area contributed by atoms with Crippen LogP contribution in [0.2, 0.25) is 0 Å². The van der Waals surface area contributed by atoms with Gasteiger partial charge in [-0.05, 0) is 49.8 Å². The molecular weight excluding hydrogens is 504 g/mol. The van der Waals surface area contributed by atoms with E-state index in [-0.39, 0.29) is 17.3 Å². The van der Waals surface area contributed by atoms with Crippen molar-refractivity contribution in [1.82, 2.24) is 9.36 Å². The van der Waals surface area contributed by atoms with Gasteiger partial charge in [0.25, 0.3) is 11.1 Å². The summed E-state index contributed by atoms with van der Waals surface area (Å²) in [6.45, 7) is 4.83. The predicted molar refractivity (Wildman–Crippen MR) is 135 cm³/mol. The second-order valence-electron chi connectivity index (χ2n) is 7.43. The molecule has 0 saturated heterocycles. The summed E-state index contributed by atoms with van der Waals surface area (Å²) in [5.41, 5.74) is 1.46. The zero-order valence-electron chi connectivity index (χ0n) is 19.8. The third-order valence-electron chi connectivity index (χ3n) is 4.53. The van der Waals surface area contributed by atoms with Crippen molar-refractivity contribution >= 4 is 38.5 Å². The Labute approximate surface area is 213 Å². The predicted octanol–water partition coefficient (Wildman–Crippen LogP) is 3.65. The van der Waals surface area contributed by atoms with Crippen molar-refractivity contribution in [1.29, 1.82) is 5.26 Å². The van der Waals surface area contributed by atoms with Gasteiger partial charge in [-0.2, -0.15) is 14.6 Å². The van der Waals surface area contributed by atoms with Crippen LogP contribution in [0.15, 0.2) is 53.2 Å². The molecule has 3 aromatic rings. The molecule has 36 heavy (non-hydrogen) atoms. The van der Waals surface area contributed by atoms with Crippen molar-refractivity contribution in [3.63, 3.8) is 0 Å². The summed E-state index contributed by atoms with van der Waals surface area (Å²) in [7, 11) is -3.61. The first-order valence-electron chi connectivity index (χ1n) is 10.8. The highest BCUT2D eigenvalue weighted by molar-refractivity contribution is 7.90. The van der Waals surface area contributed by atoms with E-state index in [0.29, 0.717) is 41.8 Å². The number of rotatable bonds is 11. The van der Waals surface area contributed by atoms with E-state index >= 15 is 0 Å². The first kappa shape index (κ1) is 26.7. The number of aryl methyl sites for hydroxylation is 1. The van der Waals surface area contributed by atoms with Crippen molar-refractivity contribution in [3.05, 3.63) is 59.2 Å². The number of carbonyl (C=O) groups excluding carboxylic acids is 1. The van der Waals surface area contributed by atoms with Gasteiger partial charge in [-0.25, -0.2) is 8.42 Å². The fraction of sp³-hybridized carbons (Fsp3) is 0.250. The number of hydrogen-bond donors (Lipinski definition) is 1. The summed E-state index contributed by atoms with van der Waals surface area (Å²) in [6, 6.07) is 14.5. The molecule has 0 saturated carbocycles. The third-order valence-corrected chi connectivity index (χ3v) is 6.13. The number of carbonyl (C=O) groups is 1. The average Bonchev–Trinajstić information content (AvgIpc) is 3.31. The van der Waals surface area contributed by atoms with Gasteiger partial charge < -0.3 is 14.2 Å². The molecule has 0 aliphatic heterocycles. The van der Waals surface area contributed by atoms with E-state index in [1.807, 2.05) is 44.2 Å². The van der Waals surface area contributed by atoms with Crippen LogP contribution in [0.1, 0.15) is 18.1 Å². The van der Waals surface area contributed by atoms with Gasteiger partial charge in [0, 0.05) is 17.8 Å². The highest BCUT2D eigenvalue weighted by Gasteiger charge is 2.18. The van der Waals surface area contributed by atoms with Crippen LogP contribution < -0.4 is 19.5 Å². The van der Waals surface area contributed by atoms with E-state index in [2.05, 4.69) is 14.7 Å². The van der Waals surface area contributed by atoms with Gasteiger partial charge >= 0.3 is 0 Å². The first-order chi connectivity index (χ1) is 17.2. The largest absolute Gasteiger partial charge is 0.490 e. The minimum atomic E-state index is -3.61. The molecule has 1 N–H and O–H groups in total. The Morgan fingerprint density at radius 1 is 1.11 bits per heavy atom. The van der Waals surface area contributed by atoms with Gasteiger partial charge in [0.15, 0.2) is 11.5 Å². The second kappa shape index (κ2) is 12.1. The highest BCUT2D eigenvalue weighted by atomic mass is 32.2. The van der Waals surface area contributed by atoms with Crippen molar-refractivity contribution in [2.75, 3.05) is 31.4 Å². The number of sulfone groups is 1. The lowest BCUT2D eigenvalue weighted by Crippen LogP contribution is -2.13. The maximum Gasteiger partial charge on any atom is 0.268 e. The van der Waals surface area contributed by atoms with E-state index in [4.69, 9.17) is 14.2 Å². The molecule has 0 unspecified atom stereocenters. The number of nitrogens with zero attached hydrogens (tertiary/aromatic N) is 3. The smallest absolute Gasteiger partial charge is 0.268 e. The van der Waals surface area contributed by atoms with Crippen molar-refractivity contribution in [2.45, 2.75) is 19.0 Å². The van der Waals surface area contributed by atoms with E-state index < -0.39 is 20.9 Å². The lowest BCUT2D eigenvalue weighted by molar-refractivity contribution is -0.112. The Balaban J connectivity index is 1.67. The van der Waals surface area contributed by atoms with Gasteiger partial charge in [0.2, 0.25) is 15.0 Å². The number of nitrogens with one attached hydrogen (secondary N) is 1. The Kier molecular flexibility index (Phi) is 8.99. The Morgan fingerprint density at radius 3 is 2.47 bits per heavy atom. The number of benzene rings is 2. The Bertz CT molecular complexity index is 1390. The molecule has 0 spiro atoms. The topological polar surface area (TPSA) is 140 Å². The normalized spacial score (nSPS) is 11.4. The van der Waals surface area contributed by atoms with Crippen molar-refractivity contribution < 1.29 is 27.4 Å². The summed E-state index contributed by atoms with van der Waals surface area (Å²) in [6.07, 6.45) is 2.34. The second-order valence-corrected chi connectivity index (χ2v) is 10.1. The quantitative estimate of drug-likeness (QED) is 0.224. The first-order valence-corrected chi connectivity index (χ1v) is 13.4. The van der Waals surface area contributed by atoms with Crippen LogP contribution >= 0.6 is 11.5 Å². The zero-order chi connectivity index (χ0) is 26.1. The number of anilines is 1. The molecule has 10 nitrogen and oxygen atoms in total. The lowest BCUT2D eigenvalue weighted by Gasteiger charge is -2.13. The van der Waals surface area contributed by atoms with Gasteiger partial charge in [-0.3, -0.25) is 10.1 Å². The number of hydrogen-bond acceptors (Lipinski definition) is 10. The molecule has 1 heterocycles. The molecule has 0 fully saturated rings. The molecule has 188 valence electrons. The maximum absolute atomic E-state index is 12.5. The highest BCUT2D eigenvalue weighted by Crippen LogP contribution is 2.29. The molecule has 1 aromatic heterocycles. The molecule has 0 atom stereocenters. The monoisotopic (exact) mass is 528 g/mol. The van der Waals surface area contributed by atoms with Crippen LogP contribution in [0.4, 0.5) is 5.13 Å². The maximum atomic E-state index is 12.5. The third kappa shape index (κ3) is 7.53. The number of ether oxygens (including phenoxy) is 3. The van der Waals surface area contributed by atoms with Crippen LogP contribution in [0.3, 0.4) is 0 Å². The van der Waals surface area contributed by atoms with Crippen LogP contribution in [0.5, 0.6) is 17.2 Å². The van der Waals surface area contributed by atoms with E-state index in [1.54, 1.807) is 18.2 Å². The van der Waals surface area contributed by atoms with Crippen LogP contribution in [-0.2, 0) is 14.6 Å². The molecule has 0 bridgehead atoms. The summed E-state index contributed by atoms with van der Waals surface area (Å²) in [5.74, 6) is 0.936. The summed E-state index contributed by atoms with van der Waals surface area (Å²) < 4.78 is 43.8. The van der Waals surface area contributed by atoms with Gasteiger partial charge in [-0.1, -0.05) is 23.8 Å². The molecule has 0 aliphatic carbocycles. The molecule has 3 rings (SSSR count). The van der Waals surface area contributed by atoms with Crippen molar-refractivity contribution in [2.24, 2.45) is 0 Å². The molecular formula is C24H24N4O6S2. The fourth-order valence-corrected chi connectivity index (χ4v) is 4.28. The molecule has 2 aromatic carbocycles. The summed E-state index contributed by atoms with van der Waals surface area (Å²) in [5, 5.41) is 11.4. The number of nitriles is 1. The van der Waals surface area contributed by atoms with Crippen LogP contribution in [0.25, 0.3) is 6.08 Å². The minimum Gasteiger partial charge on any atom is -0.490 e. The lowest BCUT2D eigenvalue weighted by atomic mass is 10.1. The van der Waals surface area contributed by atoms with E-state index in [0.717, 1.165) is 17.6 Å². The molecule has 0 aliphatic rings. The number of amides is 1. The van der Waals surface area contributed by atoms with Gasteiger partial charge in [0.1, 0.15) is 30.6 Å². The Morgan fingerprint density at radius 2 is 1.83 bits per heavy atom. The van der Waals surface area contributed by atoms with Crippen LogP contribution in [0, 0.1) is 18.3 Å². The van der Waals surface area contributed by atoms with Gasteiger partial charge in [-0.15, -0.1) is 0 Å². The standard InChI is InChI=1S/C24H24N4O6S2/c1-4-32-21-14-17(7-10-20(21)34-12-11-33-19-8-5-16(2)6-9-19)13-18(15-25)22(29)26-23-27-24(28-35-23)36(3,30)31/h5-10,13-14H,4,11-12H2,1-3H3,(H,26,27,28,29)/b18-13-. The summed E-state index contributed by atoms with van der Waals surface area (Å²) in [4.78, 5) is 16.3. The Hall–Kier alpha value is -3.95. The van der Waals surface area contributed by atoms with E-state index in [9.17, 15) is 18.5 Å². The fourth-order valence-electron chi connectivity index (χ4n) is 2.84. The minimum absolute atomic E-state index is 0.0341. The van der Waals surface area contributed by atoms with Crippen molar-refractivity contribution in [3.8, 4) is 23.3 Å². The zero-order valence-corrected chi connectivity index (χ0v) is 21.5. The van der Waals surface area contributed by atoms with Crippen LogP contribution in [-0.4, -0.2) is 49.8 Å². The summed E-state index contributed by atoms with van der Waals surface area (Å²) >= 11 is 0.703. The molecule has 1 amide bonds. The van der Waals surface area contributed by atoms with Gasteiger partial charge in [0.05, 0.1) is 6.61 Å². The average molecular weight is 529 g/mol. The SMILES string of the molecule is CCOc1cc(/C=C(/C#N)C(=O)Nc2nc(S(C)(=O)=O)ns2)ccc1OCCOc1ccc(C)cc1.